The van der Waals surface area contributed by atoms with Crippen LogP contribution in [0.5, 0.6) is 0 Å². The van der Waals surface area contributed by atoms with Crippen LogP contribution in [0, 0.1) is 35.1 Å². The van der Waals surface area contributed by atoms with E-state index in [4.69, 9.17) is 0 Å². The van der Waals surface area contributed by atoms with Crippen LogP contribution in [0.1, 0.15) is 48.4 Å². The predicted molar refractivity (Wildman–Crippen MR) is 86.9 cm³/mol. The summed E-state index contributed by atoms with van der Waals surface area (Å²) in [4.78, 5) is 0. The average molecular weight is 388 g/mol. The quantitative estimate of drug-likeness (QED) is 0.323. The molecule has 0 atom stereocenters. The minimum Gasteiger partial charge on any atom is -0.206 e. The third-order valence-corrected chi connectivity index (χ3v) is 3.83. The van der Waals surface area contributed by atoms with Gasteiger partial charge >= 0.3 is 6.18 Å². The lowest BCUT2D eigenvalue weighted by Gasteiger charge is -2.09. The number of alkyl halides is 3. The van der Waals surface area contributed by atoms with E-state index >= 15 is 0 Å². The maximum Gasteiger partial charge on any atom is 0.422 e. The highest BCUT2D eigenvalue weighted by atomic mass is 19.4. The first-order valence-corrected chi connectivity index (χ1v) is 8.19. The largest absolute Gasteiger partial charge is 0.422 e. The zero-order chi connectivity index (χ0) is 20.2. The highest BCUT2D eigenvalue weighted by molar-refractivity contribution is 5.46. The van der Waals surface area contributed by atoms with Gasteiger partial charge in [-0.25, -0.2) is 17.6 Å². The van der Waals surface area contributed by atoms with Gasteiger partial charge < -0.3 is 0 Å². The second-order valence-corrected chi connectivity index (χ2v) is 5.95. The zero-order valence-electron chi connectivity index (χ0n) is 14.3. The first-order chi connectivity index (χ1) is 12.6. The van der Waals surface area contributed by atoms with Crippen LogP contribution in [0.25, 0.3) is 0 Å². The summed E-state index contributed by atoms with van der Waals surface area (Å²) in [6, 6.07) is 2.98. The van der Waals surface area contributed by atoms with Crippen molar-refractivity contribution in [2.45, 2.75) is 38.8 Å². The van der Waals surface area contributed by atoms with Gasteiger partial charge in [0.1, 0.15) is 28.8 Å². The molecule has 0 amide bonds. The molecule has 0 spiro atoms. The van der Waals surface area contributed by atoms with E-state index in [1.807, 2.05) is 6.92 Å². The second-order valence-electron chi connectivity index (χ2n) is 5.95. The topological polar surface area (TPSA) is 0 Å². The number of halogens is 7. The standard InChI is InChI=1S/C20H15F7/c1-2-3-4-5-12-8-15(21)14(16(22)9-12)7-6-13-10-17(23)19(18(24)11-13)20(25,26)27/h8-11H,2-5H2,1H3. The minimum atomic E-state index is -5.20. The number of hydrogen-bond donors (Lipinski definition) is 0. The molecule has 0 unspecified atom stereocenters. The summed E-state index contributed by atoms with van der Waals surface area (Å²) in [5.41, 5.74) is -2.67. The van der Waals surface area contributed by atoms with Crippen molar-refractivity contribution in [2.75, 3.05) is 0 Å². The number of hydrogen-bond acceptors (Lipinski definition) is 0. The van der Waals surface area contributed by atoms with Crippen LogP contribution in [-0.4, -0.2) is 0 Å². The lowest BCUT2D eigenvalue weighted by atomic mass is 10.0. The van der Waals surface area contributed by atoms with Crippen LogP contribution in [0.4, 0.5) is 30.7 Å². The van der Waals surface area contributed by atoms with E-state index in [0.717, 1.165) is 31.4 Å². The molecule has 0 aliphatic carbocycles. The number of aryl methyl sites for hydroxylation is 1. The van der Waals surface area contributed by atoms with E-state index in [2.05, 4.69) is 11.8 Å². The van der Waals surface area contributed by atoms with Crippen LogP contribution < -0.4 is 0 Å². The fourth-order valence-corrected chi connectivity index (χ4v) is 2.52. The van der Waals surface area contributed by atoms with Gasteiger partial charge in [0.2, 0.25) is 0 Å². The molecule has 2 aromatic carbocycles. The normalized spacial score (nSPS) is 11.3. The Bertz CT molecular complexity index is 839. The lowest BCUT2D eigenvalue weighted by Crippen LogP contribution is -2.11. The van der Waals surface area contributed by atoms with E-state index in [-0.39, 0.29) is 0 Å². The summed E-state index contributed by atoms with van der Waals surface area (Å²) >= 11 is 0. The van der Waals surface area contributed by atoms with Crippen molar-refractivity contribution in [1.82, 2.24) is 0 Å². The molecular weight excluding hydrogens is 373 g/mol. The van der Waals surface area contributed by atoms with Crippen molar-refractivity contribution in [1.29, 1.82) is 0 Å². The summed E-state index contributed by atoms with van der Waals surface area (Å²) in [5, 5.41) is 0. The highest BCUT2D eigenvalue weighted by Gasteiger charge is 2.37. The fourth-order valence-electron chi connectivity index (χ4n) is 2.52. The first-order valence-electron chi connectivity index (χ1n) is 8.19. The summed E-state index contributed by atoms with van der Waals surface area (Å²) in [7, 11) is 0. The molecule has 144 valence electrons. The number of benzene rings is 2. The van der Waals surface area contributed by atoms with Crippen molar-refractivity contribution in [3.8, 4) is 11.8 Å². The Kier molecular flexibility index (Phi) is 6.53. The average Bonchev–Trinajstić information content (AvgIpc) is 2.52. The lowest BCUT2D eigenvalue weighted by molar-refractivity contribution is -0.142. The summed E-state index contributed by atoms with van der Waals surface area (Å²) in [6.07, 6.45) is -2.08. The van der Waals surface area contributed by atoms with Gasteiger partial charge in [-0.1, -0.05) is 31.6 Å². The molecule has 27 heavy (non-hydrogen) atoms. The minimum absolute atomic E-state index is 0.369. The molecule has 0 heterocycles. The smallest absolute Gasteiger partial charge is 0.206 e. The molecular formula is C20H15F7. The van der Waals surface area contributed by atoms with Gasteiger partial charge in [-0.3, -0.25) is 0 Å². The van der Waals surface area contributed by atoms with E-state index in [1.54, 1.807) is 0 Å². The predicted octanol–water partition coefficient (Wildman–Crippen LogP) is 6.39. The van der Waals surface area contributed by atoms with Crippen LogP contribution in [0.3, 0.4) is 0 Å². The Morgan fingerprint density at radius 3 is 1.81 bits per heavy atom. The molecule has 0 aromatic heterocycles. The Morgan fingerprint density at radius 2 is 1.33 bits per heavy atom. The molecule has 0 N–H and O–H groups in total. The molecule has 0 saturated carbocycles. The van der Waals surface area contributed by atoms with Gasteiger partial charge in [-0.05, 0) is 42.7 Å². The van der Waals surface area contributed by atoms with Crippen LogP contribution in [0.15, 0.2) is 24.3 Å². The highest BCUT2D eigenvalue weighted by Crippen LogP contribution is 2.33. The van der Waals surface area contributed by atoms with E-state index in [9.17, 15) is 30.7 Å². The molecule has 0 radical (unpaired) electrons. The molecule has 7 heteroatoms. The third-order valence-electron chi connectivity index (χ3n) is 3.83. The van der Waals surface area contributed by atoms with E-state index in [0.29, 0.717) is 24.1 Å². The van der Waals surface area contributed by atoms with E-state index in [1.165, 1.54) is 0 Å². The van der Waals surface area contributed by atoms with Gasteiger partial charge in [0, 0.05) is 5.56 Å². The zero-order valence-corrected chi connectivity index (χ0v) is 14.3. The Hall–Kier alpha value is -2.49. The molecule has 2 aromatic rings. The molecule has 0 aliphatic heterocycles. The molecule has 0 nitrogen and oxygen atoms in total. The molecule has 2 rings (SSSR count). The molecule has 0 fully saturated rings. The summed E-state index contributed by atoms with van der Waals surface area (Å²) in [6.45, 7) is 1.99. The van der Waals surface area contributed by atoms with Crippen molar-refractivity contribution >= 4 is 0 Å². The maximum atomic E-state index is 14.1. The van der Waals surface area contributed by atoms with Gasteiger partial charge in [0.15, 0.2) is 0 Å². The van der Waals surface area contributed by atoms with Gasteiger partial charge in [-0.15, -0.1) is 0 Å². The summed E-state index contributed by atoms with van der Waals surface area (Å²) in [5.74, 6) is -1.39. The number of unbranched alkanes of at least 4 members (excludes halogenated alkanes) is 2. The van der Waals surface area contributed by atoms with Gasteiger partial charge in [0.25, 0.3) is 0 Å². The molecule has 0 aliphatic rings. The fraction of sp³-hybridized carbons (Fsp3) is 0.300. The monoisotopic (exact) mass is 388 g/mol. The van der Waals surface area contributed by atoms with E-state index < -0.39 is 46.1 Å². The van der Waals surface area contributed by atoms with Crippen molar-refractivity contribution in [3.05, 3.63) is 69.8 Å². The van der Waals surface area contributed by atoms with Crippen molar-refractivity contribution in [3.63, 3.8) is 0 Å². The summed E-state index contributed by atoms with van der Waals surface area (Å²) < 4.78 is 92.8. The van der Waals surface area contributed by atoms with Gasteiger partial charge in [0.05, 0.1) is 5.56 Å². The second kappa shape index (κ2) is 8.47. The molecule has 0 bridgehead atoms. The Labute approximate surface area is 152 Å². The first kappa shape index (κ1) is 20.8. The molecule has 0 saturated heterocycles. The van der Waals surface area contributed by atoms with Crippen LogP contribution >= 0.6 is 0 Å². The van der Waals surface area contributed by atoms with Gasteiger partial charge in [-0.2, -0.15) is 13.2 Å². The van der Waals surface area contributed by atoms with Crippen molar-refractivity contribution in [2.24, 2.45) is 0 Å². The van der Waals surface area contributed by atoms with Crippen LogP contribution in [0.2, 0.25) is 0 Å². The SMILES string of the molecule is CCCCCc1cc(F)c(C#Cc2cc(F)c(C(F)(F)F)c(F)c2)c(F)c1. The van der Waals surface area contributed by atoms with Crippen LogP contribution in [-0.2, 0) is 12.6 Å². The number of rotatable bonds is 4. The Morgan fingerprint density at radius 1 is 0.778 bits per heavy atom. The Balaban J connectivity index is 2.33. The van der Waals surface area contributed by atoms with Crippen molar-refractivity contribution < 1.29 is 30.7 Å². The third kappa shape index (κ3) is 5.25. The maximum absolute atomic E-state index is 14.1.